The number of anilines is 1. The van der Waals surface area contributed by atoms with Crippen molar-refractivity contribution in [3.63, 3.8) is 0 Å². The molecule has 1 heterocycles. The van der Waals surface area contributed by atoms with Gasteiger partial charge in [-0.1, -0.05) is 17.7 Å². The summed E-state index contributed by atoms with van der Waals surface area (Å²) in [7, 11) is 0. The Hall–Kier alpha value is -2.11. The Bertz CT molecular complexity index is 506. The number of nitrogens with one attached hydrogen (secondary N) is 1. The van der Waals surface area contributed by atoms with Crippen molar-refractivity contribution in [2.24, 2.45) is 5.92 Å². The molecular weight excluding hydrogens is 258 g/mol. The van der Waals surface area contributed by atoms with Crippen LogP contribution in [0.4, 0.5) is 5.82 Å². The highest BCUT2D eigenvalue weighted by atomic mass is 16.5. The lowest BCUT2D eigenvalue weighted by molar-refractivity contribution is -0.140. The summed E-state index contributed by atoms with van der Waals surface area (Å²) in [5, 5.41) is 6.30. The lowest BCUT2D eigenvalue weighted by Gasteiger charge is -2.30. The minimum absolute atomic E-state index is 0.00720. The average molecular weight is 277 g/mol. The number of hydrogen-bond acceptors (Lipinski definition) is 4. The SMILES string of the molecule is C=CCN(CC(=O)Nc1cc(C)on1)C(=O)C1CCC1. The van der Waals surface area contributed by atoms with Crippen LogP contribution in [0.3, 0.4) is 0 Å². The smallest absolute Gasteiger partial charge is 0.245 e. The van der Waals surface area contributed by atoms with Crippen molar-refractivity contribution >= 4 is 17.6 Å². The number of carbonyl (C=O) groups is 2. The largest absolute Gasteiger partial charge is 0.360 e. The molecule has 6 heteroatoms. The van der Waals surface area contributed by atoms with Gasteiger partial charge < -0.3 is 14.7 Å². The van der Waals surface area contributed by atoms with E-state index in [-0.39, 0.29) is 24.3 Å². The summed E-state index contributed by atoms with van der Waals surface area (Å²) in [6.45, 7) is 5.75. The van der Waals surface area contributed by atoms with Gasteiger partial charge in [0.15, 0.2) is 5.82 Å². The van der Waals surface area contributed by atoms with Crippen LogP contribution in [0.5, 0.6) is 0 Å². The van der Waals surface area contributed by atoms with E-state index in [1.165, 1.54) is 4.90 Å². The van der Waals surface area contributed by atoms with Crippen LogP contribution < -0.4 is 5.32 Å². The first-order chi connectivity index (χ1) is 9.60. The maximum Gasteiger partial charge on any atom is 0.245 e. The van der Waals surface area contributed by atoms with Gasteiger partial charge >= 0.3 is 0 Å². The van der Waals surface area contributed by atoms with E-state index in [1.54, 1.807) is 19.1 Å². The molecule has 1 aliphatic carbocycles. The summed E-state index contributed by atoms with van der Waals surface area (Å²) in [5.41, 5.74) is 0. The van der Waals surface area contributed by atoms with Crippen molar-refractivity contribution in [3.8, 4) is 0 Å². The second kappa shape index (κ2) is 6.36. The van der Waals surface area contributed by atoms with Gasteiger partial charge in [0.05, 0.1) is 0 Å². The van der Waals surface area contributed by atoms with Gasteiger partial charge in [-0.05, 0) is 19.8 Å². The van der Waals surface area contributed by atoms with Crippen LogP contribution in [-0.4, -0.2) is 35.0 Å². The molecule has 1 aromatic heterocycles. The Kier molecular flexibility index (Phi) is 4.55. The molecule has 1 fully saturated rings. The van der Waals surface area contributed by atoms with E-state index in [1.807, 2.05) is 0 Å². The highest BCUT2D eigenvalue weighted by molar-refractivity contribution is 5.94. The Morgan fingerprint density at radius 3 is 2.85 bits per heavy atom. The lowest BCUT2D eigenvalue weighted by Crippen LogP contribution is -2.43. The molecule has 1 N–H and O–H groups in total. The van der Waals surface area contributed by atoms with E-state index in [0.29, 0.717) is 18.1 Å². The van der Waals surface area contributed by atoms with Gasteiger partial charge in [0.25, 0.3) is 0 Å². The fraction of sp³-hybridized carbons (Fsp3) is 0.500. The highest BCUT2D eigenvalue weighted by Gasteiger charge is 2.29. The Balaban J connectivity index is 1.91. The summed E-state index contributed by atoms with van der Waals surface area (Å²) in [5.74, 6) is 0.795. The minimum Gasteiger partial charge on any atom is -0.360 e. The van der Waals surface area contributed by atoms with Crippen molar-refractivity contribution in [1.29, 1.82) is 0 Å². The minimum atomic E-state index is -0.284. The number of aromatic nitrogens is 1. The first-order valence-corrected chi connectivity index (χ1v) is 6.73. The fourth-order valence-electron chi connectivity index (χ4n) is 2.08. The molecule has 0 saturated heterocycles. The van der Waals surface area contributed by atoms with E-state index in [0.717, 1.165) is 19.3 Å². The van der Waals surface area contributed by atoms with Crippen LogP contribution in [0.1, 0.15) is 25.0 Å². The van der Waals surface area contributed by atoms with Crippen LogP contribution in [0.15, 0.2) is 23.2 Å². The Labute approximate surface area is 117 Å². The van der Waals surface area contributed by atoms with E-state index in [4.69, 9.17) is 4.52 Å². The maximum atomic E-state index is 12.2. The summed E-state index contributed by atoms with van der Waals surface area (Å²) in [4.78, 5) is 25.6. The molecule has 1 aliphatic rings. The molecule has 2 amide bonds. The van der Waals surface area contributed by atoms with Crippen LogP contribution in [0, 0.1) is 12.8 Å². The first-order valence-electron chi connectivity index (χ1n) is 6.73. The van der Waals surface area contributed by atoms with Crippen molar-refractivity contribution < 1.29 is 14.1 Å². The van der Waals surface area contributed by atoms with Gasteiger partial charge in [-0.2, -0.15) is 0 Å². The molecule has 2 rings (SSSR count). The Morgan fingerprint density at radius 2 is 2.35 bits per heavy atom. The number of rotatable bonds is 6. The predicted octanol–water partition coefficient (Wildman–Crippen LogP) is 1.74. The molecule has 20 heavy (non-hydrogen) atoms. The fourth-order valence-corrected chi connectivity index (χ4v) is 2.08. The summed E-state index contributed by atoms with van der Waals surface area (Å²) >= 11 is 0. The van der Waals surface area contributed by atoms with Gasteiger partial charge in [-0.15, -0.1) is 6.58 Å². The monoisotopic (exact) mass is 277 g/mol. The molecule has 0 atom stereocenters. The molecule has 0 aromatic carbocycles. The first kappa shape index (κ1) is 14.3. The van der Waals surface area contributed by atoms with E-state index in [9.17, 15) is 9.59 Å². The predicted molar refractivity (Wildman–Crippen MR) is 74.0 cm³/mol. The number of nitrogens with zero attached hydrogens (tertiary/aromatic N) is 2. The number of aryl methyl sites for hydroxylation is 1. The highest BCUT2D eigenvalue weighted by Crippen LogP contribution is 2.28. The molecule has 0 spiro atoms. The molecule has 0 radical (unpaired) electrons. The van der Waals surface area contributed by atoms with E-state index < -0.39 is 0 Å². The Morgan fingerprint density at radius 1 is 1.60 bits per heavy atom. The average Bonchev–Trinajstić information content (AvgIpc) is 2.71. The van der Waals surface area contributed by atoms with Gasteiger partial charge in [0.1, 0.15) is 12.3 Å². The zero-order valence-electron chi connectivity index (χ0n) is 11.6. The van der Waals surface area contributed by atoms with Crippen molar-refractivity contribution in [2.45, 2.75) is 26.2 Å². The van der Waals surface area contributed by atoms with Crippen LogP contribution in [0.25, 0.3) is 0 Å². The number of carbonyl (C=O) groups excluding carboxylic acids is 2. The summed E-state index contributed by atoms with van der Waals surface area (Å²) < 4.78 is 4.87. The van der Waals surface area contributed by atoms with Crippen LogP contribution in [0.2, 0.25) is 0 Å². The molecule has 0 bridgehead atoms. The molecular formula is C14H19N3O3. The van der Waals surface area contributed by atoms with Gasteiger partial charge in [0, 0.05) is 18.5 Å². The van der Waals surface area contributed by atoms with Crippen molar-refractivity contribution in [2.75, 3.05) is 18.4 Å². The lowest BCUT2D eigenvalue weighted by atomic mass is 9.84. The van der Waals surface area contributed by atoms with Gasteiger partial charge in [0.2, 0.25) is 11.8 Å². The molecule has 0 aliphatic heterocycles. The third-order valence-electron chi connectivity index (χ3n) is 3.35. The maximum absolute atomic E-state index is 12.2. The summed E-state index contributed by atoms with van der Waals surface area (Å²) in [6, 6.07) is 1.63. The molecule has 6 nitrogen and oxygen atoms in total. The van der Waals surface area contributed by atoms with Gasteiger partial charge in [-0.25, -0.2) is 0 Å². The topological polar surface area (TPSA) is 75.4 Å². The molecule has 1 saturated carbocycles. The van der Waals surface area contributed by atoms with E-state index >= 15 is 0 Å². The third-order valence-corrected chi connectivity index (χ3v) is 3.35. The molecule has 1 aromatic rings. The normalized spacial score (nSPS) is 14.4. The number of hydrogen-bond donors (Lipinski definition) is 1. The van der Waals surface area contributed by atoms with Crippen molar-refractivity contribution in [1.82, 2.24) is 10.1 Å². The molecule has 108 valence electrons. The van der Waals surface area contributed by atoms with Crippen LogP contribution >= 0.6 is 0 Å². The van der Waals surface area contributed by atoms with Gasteiger partial charge in [-0.3, -0.25) is 9.59 Å². The molecule has 0 unspecified atom stereocenters. The zero-order chi connectivity index (χ0) is 14.5. The van der Waals surface area contributed by atoms with Crippen molar-refractivity contribution in [3.05, 3.63) is 24.5 Å². The van der Waals surface area contributed by atoms with Crippen LogP contribution in [-0.2, 0) is 9.59 Å². The van der Waals surface area contributed by atoms with E-state index in [2.05, 4.69) is 17.1 Å². The number of amides is 2. The zero-order valence-corrected chi connectivity index (χ0v) is 11.6. The summed E-state index contributed by atoms with van der Waals surface area (Å²) in [6.07, 6.45) is 4.54. The second-order valence-electron chi connectivity index (χ2n) is 5.01. The quantitative estimate of drug-likeness (QED) is 0.804. The second-order valence-corrected chi connectivity index (χ2v) is 5.01. The third kappa shape index (κ3) is 3.46. The standard InChI is InChI=1S/C14H19N3O3/c1-3-7-17(14(19)11-5-4-6-11)9-13(18)15-12-8-10(2)20-16-12/h3,8,11H,1,4-7,9H2,2H3,(H,15,16,18).